The molecule has 0 aromatic heterocycles. The molecule has 61 heavy (non-hydrogen) atoms. The summed E-state index contributed by atoms with van der Waals surface area (Å²) in [6.07, 6.45) is 52.7. The predicted molar refractivity (Wildman–Crippen MR) is 254 cm³/mol. The quantitative estimate of drug-likeness (QED) is 0.0196. The van der Waals surface area contributed by atoms with E-state index in [1.165, 1.54) is 77.0 Å². The average molecular weight is 878 g/mol. The fourth-order valence-electron chi connectivity index (χ4n) is 6.47. The molecule has 0 N–H and O–H groups in total. The standard InChI is InChI=1S/C51H92NO8P/c1-6-8-10-12-14-16-18-19-20-21-22-23-24-25-26-27-28-29-30-31-32-33-34-36-38-40-42-44-51(54)60-49(48-59-61(55,56)58-46-45-52(3,4)5)47-57-50(53)43-41-39-37-35-17-15-13-11-9-7-2/h8,10-11,13-14,16,19-20,22-23,49H,6-7,9,12,15,17-18,21,24-48H2,1-5H3/b10-8-,13-11-,16-14-,20-19-,23-22-. The van der Waals surface area contributed by atoms with E-state index in [-0.39, 0.29) is 26.1 Å². The van der Waals surface area contributed by atoms with Gasteiger partial charge in [-0.3, -0.25) is 14.2 Å². The van der Waals surface area contributed by atoms with E-state index >= 15 is 0 Å². The minimum absolute atomic E-state index is 0.0335. The topological polar surface area (TPSA) is 111 Å². The highest BCUT2D eigenvalue weighted by atomic mass is 31.2. The summed E-state index contributed by atoms with van der Waals surface area (Å²) in [5.74, 6) is -0.848. The Morgan fingerprint density at radius 3 is 1.41 bits per heavy atom. The van der Waals surface area contributed by atoms with Crippen LogP contribution in [-0.4, -0.2) is 70.0 Å². The molecule has 0 amide bonds. The van der Waals surface area contributed by atoms with Crippen molar-refractivity contribution in [3.63, 3.8) is 0 Å². The molecule has 10 heteroatoms. The molecule has 0 saturated heterocycles. The molecule has 0 heterocycles. The van der Waals surface area contributed by atoms with Gasteiger partial charge in [-0.2, -0.15) is 0 Å². The molecule has 9 nitrogen and oxygen atoms in total. The van der Waals surface area contributed by atoms with E-state index in [0.717, 1.165) is 89.9 Å². The number of phosphoric ester groups is 1. The second kappa shape index (κ2) is 43.0. The summed E-state index contributed by atoms with van der Waals surface area (Å²) in [5.41, 5.74) is 0. The molecule has 0 bridgehead atoms. The van der Waals surface area contributed by atoms with Crippen molar-refractivity contribution in [2.75, 3.05) is 47.5 Å². The summed E-state index contributed by atoms with van der Waals surface area (Å²) >= 11 is 0. The molecule has 0 aliphatic rings. The van der Waals surface area contributed by atoms with Crippen molar-refractivity contribution in [1.82, 2.24) is 0 Å². The largest absolute Gasteiger partial charge is 0.756 e. The van der Waals surface area contributed by atoms with Gasteiger partial charge in [-0.05, 0) is 70.6 Å². The lowest BCUT2D eigenvalue weighted by molar-refractivity contribution is -0.870. The number of nitrogens with zero attached hydrogens (tertiary/aromatic N) is 1. The second-order valence-electron chi connectivity index (χ2n) is 17.4. The molecule has 0 aromatic carbocycles. The Morgan fingerprint density at radius 1 is 0.525 bits per heavy atom. The number of esters is 2. The Bertz CT molecular complexity index is 1220. The minimum Gasteiger partial charge on any atom is -0.756 e. The van der Waals surface area contributed by atoms with Crippen molar-refractivity contribution in [3.8, 4) is 0 Å². The van der Waals surface area contributed by atoms with Gasteiger partial charge >= 0.3 is 11.9 Å². The van der Waals surface area contributed by atoms with Gasteiger partial charge in [0.15, 0.2) is 6.10 Å². The van der Waals surface area contributed by atoms with Gasteiger partial charge in [0.2, 0.25) is 0 Å². The molecule has 0 rings (SSSR count). The number of allylic oxidation sites excluding steroid dienone is 10. The number of likely N-dealkylation sites (N-methyl/N-ethyl adjacent to an activating group) is 1. The summed E-state index contributed by atoms with van der Waals surface area (Å²) < 4.78 is 33.9. The van der Waals surface area contributed by atoms with E-state index in [9.17, 15) is 19.0 Å². The van der Waals surface area contributed by atoms with Gasteiger partial charge in [0.1, 0.15) is 19.8 Å². The third-order valence-electron chi connectivity index (χ3n) is 10.3. The highest BCUT2D eigenvalue weighted by Crippen LogP contribution is 2.38. The van der Waals surface area contributed by atoms with E-state index in [1.807, 2.05) is 21.1 Å². The number of phosphoric acid groups is 1. The molecular formula is C51H92NO8P. The number of hydrogen-bond donors (Lipinski definition) is 0. The van der Waals surface area contributed by atoms with E-state index < -0.39 is 32.5 Å². The lowest BCUT2D eigenvalue weighted by atomic mass is 10.0. The first kappa shape index (κ1) is 58.7. The summed E-state index contributed by atoms with van der Waals surface area (Å²) in [5, 5.41) is 0. The Kier molecular flexibility index (Phi) is 41.4. The molecular weight excluding hydrogens is 786 g/mol. The van der Waals surface area contributed by atoms with Gasteiger partial charge in [-0.15, -0.1) is 0 Å². The van der Waals surface area contributed by atoms with Gasteiger partial charge < -0.3 is 27.9 Å². The Labute approximate surface area is 375 Å². The zero-order chi connectivity index (χ0) is 45.0. The van der Waals surface area contributed by atoms with E-state index in [1.54, 1.807) is 0 Å². The van der Waals surface area contributed by atoms with Gasteiger partial charge in [0, 0.05) is 12.8 Å². The summed E-state index contributed by atoms with van der Waals surface area (Å²) in [7, 11) is 1.16. The molecule has 0 fully saturated rings. The van der Waals surface area contributed by atoms with Crippen molar-refractivity contribution in [1.29, 1.82) is 0 Å². The van der Waals surface area contributed by atoms with Crippen LogP contribution in [0.5, 0.6) is 0 Å². The van der Waals surface area contributed by atoms with Gasteiger partial charge in [-0.25, -0.2) is 0 Å². The zero-order valence-electron chi connectivity index (χ0n) is 39.8. The summed E-state index contributed by atoms with van der Waals surface area (Å²) in [4.78, 5) is 37.5. The first-order valence-corrected chi connectivity index (χ1v) is 26.0. The third-order valence-corrected chi connectivity index (χ3v) is 11.2. The first-order valence-electron chi connectivity index (χ1n) is 24.5. The number of carbonyl (C=O) groups excluding carboxylic acids is 2. The van der Waals surface area contributed by atoms with E-state index in [4.69, 9.17) is 18.5 Å². The molecule has 0 aromatic rings. The van der Waals surface area contributed by atoms with Crippen LogP contribution in [0.1, 0.15) is 200 Å². The predicted octanol–water partition coefficient (Wildman–Crippen LogP) is 13.8. The monoisotopic (exact) mass is 878 g/mol. The van der Waals surface area contributed by atoms with Crippen molar-refractivity contribution in [2.45, 2.75) is 206 Å². The maximum absolute atomic E-state index is 12.7. The van der Waals surface area contributed by atoms with Crippen LogP contribution in [0.25, 0.3) is 0 Å². The zero-order valence-corrected chi connectivity index (χ0v) is 40.7. The van der Waals surface area contributed by atoms with Crippen molar-refractivity contribution in [3.05, 3.63) is 60.8 Å². The van der Waals surface area contributed by atoms with Crippen LogP contribution in [0.3, 0.4) is 0 Å². The SMILES string of the molecule is CC/C=C\C/C=C\C/C=C\C/C=C\CCCCCCCCCCCCCCCCC(=O)OC(COC(=O)CCCCCCC/C=C\CCC)COP(=O)([O-])OCC[N+](C)(C)C. The van der Waals surface area contributed by atoms with Crippen LogP contribution in [0.15, 0.2) is 60.8 Å². The molecule has 2 atom stereocenters. The van der Waals surface area contributed by atoms with Crippen LogP contribution in [0.2, 0.25) is 0 Å². The number of hydrogen-bond acceptors (Lipinski definition) is 8. The number of quaternary nitrogens is 1. The Hall–Kier alpha value is -2.29. The second-order valence-corrected chi connectivity index (χ2v) is 18.9. The van der Waals surface area contributed by atoms with Crippen molar-refractivity contribution < 1.29 is 42.1 Å². The third kappa shape index (κ3) is 47.0. The van der Waals surface area contributed by atoms with E-state index in [0.29, 0.717) is 17.4 Å². The van der Waals surface area contributed by atoms with E-state index in [2.05, 4.69) is 74.6 Å². The molecule has 0 aliphatic heterocycles. The summed E-state index contributed by atoms with van der Waals surface area (Å²) in [6.45, 7) is 4.04. The lowest BCUT2D eigenvalue weighted by Gasteiger charge is -2.28. The first-order chi connectivity index (χ1) is 29.5. The van der Waals surface area contributed by atoms with Crippen LogP contribution in [-0.2, 0) is 32.7 Å². The lowest BCUT2D eigenvalue weighted by Crippen LogP contribution is -2.37. The van der Waals surface area contributed by atoms with Gasteiger partial charge in [-0.1, -0.05) is 177 Å². The fourth-order valence-corrected chi connectivity index (χ4v) is 7.20. The summed E-state index contributed by atoms with van der Waals surface area (Å²) in [6, 6.07) is 0. The van der Waals surface area contributed by atoms with Gasteiger partial charge in [0.05, 0.1) is 27.7 Å². The Balaban J connectivity index is 4.13. The highest BCUT2D eigenvalue weighted by molar-refractivity contribution is 7.45. The van der Waals surface area contributed by atoms with Gasteiger partial charge in [0.25, 0.3) is 7.82 Å². The maximum atomic E-state index is 12.7. The Morgan fingerprint density at radius 2 is 0.934 bits per heavy atom. The molecule has 354 valence electrons. The molecule has 2 unspecified atom stereocenters. The average Bonchev–Trinajstić information content (AvgIpc) is 3.21. The molecule has 0 radical (unpaired) electrons. The highest BCUT2D eigenvalue weighted by Gasteiger charge is 2.21. The number of rotatable bonds is 44. The van der Waals surface area contributed by atoms with Crippen LogP contribution < -0.4 is 4.89 Å². The normalized spacial score (nSPS) is 14.0. The van der Waals surface area contributed by atoms with Crippen molar-refractivity contribution in [2.24, 2.45) is 0 Å². The number of unbranched alkanes of at least 4 members (excludes halogenated alkanes) is 20. The maximum Gasteiger partial charge on any atom is 0.306 e. The number of carbonyl (C=O) groups is 2. The molecule has 0 spiro atoms. The van der Waals surface area contributed by atoms with Crippen LogP contribution >= 0.6 is 7.82 Å². The minimum atomic E-state index is -4.63. The molecule has 0 saturated carbocycles. The smallest absolute Gasteiger partial charge is 0.306 e. The fraction of sp³-hybridized carbons (Fsp3) is 0.765. The number of ether oxygens (including phenoxy) is 2. The van der Waals surface area contributed by atoms with Crippen molar-refractivity contribution >= 4 is 19.8 Å². The van der Waals surface area contributed by atoms with Crippen LogP contribution in [0, 0.1) is 0 Å². The molecule has 0 aliphatic carbocycles. The van der Waals surface area contributed by atoms with Crippen LogP contribution in [0.4, 0.5) is 0 Å².